The molecule has 3 heteroatoms. The predicted molar refractivity (Wildman–Crippen MR) is 89.3 cm³/mol. The van der Waals surface area contributed by atoms with Gasteiger partial charge >= 0.3 is 0 Å². The minimum atomic E-state index is 0.00788. The Morgan fingerprint density at radius 3 is 2.86 bits per heavy atom. The number of fused-ring (bicyclic) bond motifs is 1. The van der Waals surface area contributed by atoms with Gasteiger partial charge in [0, 0.05) is 23.9 Å². The molecule has 0 aromatic heterocycles. The molecule has 0 bridgehead atoms. The van der Waals surface area contributed by atoms with Crippen LogP contribution in [0.3, 0.4) is 0 Å². The van der Waals surface area contributed by atoms with Crippen molar-refractivity contribution in [2.75, 3.05) is 18.6 Å². The average molecular weight is 293 g/mol. The van der Waals surface area contributed by atoms with Crippen molar-refractivity contribution in [3.8, 4) is 5.75 Å². The lowest BCUT2D eigenvalue weighted by Gasteiger charge is -2.15. The molecule has 3 rings (SSSR count). The van der Waals surface area contributed by atoms with Crippen LogP contribution >= 0.6 is 0 Å². The van der Waals surface area contributed by atoms with E-state index < -0.39 is 0 Å². The maximum atomic E-state index is 12.5. The van der Waals surface area contributed by atoms with Crippen LogP contribution in [0.4, 0.5) is 5.69 Å². The van der Waals surface area contributed by atoms with E-state index in [1.54, 1.807) is 13.2 Å². The molecule has 0 atom stereocenters. The Bertz CT molecular complexity index is 734. The van der Waals surface area contributed by atoms with Gasteiger partial charge in [0.2, 0.25) is 0 Å². The first-order valence-electron chi connectivity index (χ1n) is 7.41. The quantitative estimate of drug-likeness (QED) is 0.809. The summed E-state index contributed by atoms with van der Waals surface area (Å²) in [6, 6.07) is 14.0. The highest BCUT2D eigenvalue weighted by Gasteiger charge is 2.22. The zero-order valence-electron chi connectivity index (χ0n) is 12.9. The molecule has 0 saturated heterocycles. The largest absolute Gasteiger partial charge is 0.496 e. The SMILES string of the molecule is COc1ccc(C)cc1/C=C/C(=O)N1CCc2ccccc21. The number of hydrogen-bond acceptors (Lipinski definition) is 2. The van der Waals surface area contributed by atoms with Crippen molar-refractivity contribution in [1.82, 2.24) is 0 Å². The lowest BCUT2D eigenvalue weighted by Crippen LogP contribution is -2.26. The van der Waals surface area contributed by atoms with Crippen LogP contribution < -0.4 is 9.64 Å². The summed E-state index contributed by atoms with van der Waals surface area (Å²) in [6.45, 7) is 2.77. The van der Waals surface area contributed by atoms with Gasteiger partial charge in [-0.2, -0.15) is 0 Å². The summed E-state index contributed by atoms with van der Waals surface area (Å²) < 4.78 is 5.34. The third kappa shape index (κ3) is 2.75. The summed E-state index contributed by atoms with van der Waals surface area (Å²) in [5, 5.41) is 0. The lowest BCUT2D eigenvalue weighted by molar-refractivity contribution is -0.114. The summed E-state index contributed by atoms with van der Waals surface area (Å²) in [4.78, 5) is 14.3. The molecule has 1 aliphatic heterocycles. The first-order valence-corrected chi connectivity index (χ1v) is 7.41. The van der Waals surface area contributed by atoms with Crippen LogP contribution in [0.25, 0.3) is 6.08 Å². The number of rotatable bonds is 3. The molecule has 0 N–H and O–H groups in total. The molecule has 0 unspecified atom stereocenters. The zero-order valence-corrected chi connectivity index (χ0v) is 12.9. The second-order valence-electron chi connectivity index (χ2n) is 5.45. The van der Waals surface area contributed by atoms with Crippen molar-refractivity contribution in [2.24, 2.45) is 0 Å². The molecule has 2 aromatic rings. The molecule has 3 nitrogen and oxygen atoms in total. The molecule has 1 aliphatic rings. The number of hydrogen-bond donors (Lipinski definition) is 0. The zero-order chi connectivity index (χ0) is 15.5. The molecule has 1 heterocycles. The number of para-hydroxylation sites is 1. The maximum Gasteiger partial charge on any atom is 0.251 e. The molecule has 112 valence electrons. The second-order valence-corrected chi connectivity index (χ2v) is 5.45. The van der Waals surface area contributed by atoms with Crippen LogP contribution in [0, 0.1) is 6.92 Å². The van der Waals surface area contributed by atoms with Crippen LogP contribution in [-0.2, 0) is 11.2 Å². The fourth-order valence-corrected chi connectivity index (χ4v) is 2.80. The number of carbonyl (C=O) groups is 1. The Hall–Kier alpha value is -2.55. The van der Waals surface area contributed by atoms with E-state index in [9.17, 15) is 4.79 Å². The van der Waals surface area contributed by atoms with E-state index in [1.165, 1.54) is 5.56 Å². The number of benzene rings is 2. The van der Waals surface area contributed by atoms with E-state index in [1.807, 2.05) is 54.3 Å². The van der Waals surface area contributed by atoms with Gasteiger partial charge < -0.3 is 9.64 Å². The van der Waals surface area contributed by atoms with E-state index in [4.69, 9.17) is 4.74 Å². The van der Waals surface area contributed by atoms with Gasteiger partial charge in [0.1, 0.15) is 5.75 Å². The highest BCUT2D eigenvalue weighted by molar-refractivity contribution is 6.05. The average Bonchev–Trinajstić information content (AvgIpc) is 2.97. The van der Waals surface area contributed by atoms with E-state index >= 15 is 0 Å². The van der Waals surface area contributed by atoms with Crippen LogP contribution in [0.15, 0.2) is 48.5 Å². The van der Waals surface area contributed by atoms with E-state index in [-0.39, 0.29) is 5.91 Å². The van der Waals surface area contributed by atoms with Crippen LogP contribution in [0.1, 0.15) is 16.7 Å². The molecule has 0 aliphatic carbocycles. The van der Waals surface area contributed by atoms with Gasteiger partial charge in [-0.15, -0.1) is 0 Å². The molecule has 0 spiro atoms. The summed E-state index contributed by atoms with van der Waals surface area (Å²) in [5.41, 5.74) is 4.31. The normalized spacial score (nSPS) is 13.5. The first-order chi connectivity index (χ1) is 10.7. The van der Waals surface area contributed by atoms with Gasteiger partial charge in [0.15, 0.2) is 0 Å². The molecule has 0 fully saturated rings. The van der Waals surface area contributed by atoms with Crippen LogP contribution in [-0.4, -0.2) is 19.6 Å². The highest BCUT2D eigenvalue weighted by atomic mass is 16.5. The Morgan fingerprint density at radius 1 is 1.23 bits per heavy atom. The number of anilines is 1. The predicted octanol–water partition coefficient (Wildman–Crippen LogP) is 3.61. The summed E-state index contributed by atoms with van der Waals surface area (Å²) >= 11 is 0. The van der Waals surface area contributed by atoms with Crippen molar-refractivity contribution >= 4 is 17.7 Å². The smallest absolute Gasteiger partial charge is 0.251 e. The second kappa shape index (κ2) is 6.06. The summed E-state index contributed by atoms with van der Waals surface area (Å²) in [7, 11) is 1.64. The molecular formula is C19H19NO2. The molecule has 1 amide bonds. The standard InChI is InChI=1S/C19H19NO2/c1-14-7-9-18(22-2)16(13-14)8-10-19(21)20-12-11-15-5-3-4-6-17(15)20/h3-10,13H,11-12H2,1-2H3/b10-8+. The third-order valence-corrected chi connectivity index (χ3v) is 3.94. The topological polar surface area (TPSA) is 29.5 Å². The fraction of sp³-hybridized carbons (Fsp3) is 0.211. The number of carbonyl (C=O) groups excluding carboxylic acids is 1. The number of aryl methyl sites for hydroxylation is 1. The number of nitrogens with zero attached hydrogens (tertiary/aromatic N) is 1. The Labute approximate surface area is 130 Å². The summed E-state index contributed by atoms with van der Waals surface area (Å²) in [5.74, 6) is 0.782. The maximum absolute atomic E-state index is 12.5. The molecular weight excluding hydrogens is 274 g/mol. The van der Waals surface area contributed by atoms with Crippen molar-refractivity contribution in [2.45, 2.75) is 13.3 Å². The minimum Gasteiger partial charge on any atom is -0.496 e. The van der Waals surface area contributed by atoms with Gasteiger partial charge in [-0.25, -0.2) is 0 Å². The first kappa shape index (κ1) is 14.4. The Balaban J connectivity index is 1.82. The van der Waals surface area contributed by atoms with Crippen molar-refractivity contribution in [3.63, 3.8) is 0 Å². The lowest BCUT2D eigenvalue weighted by atomic mass is 10.1. The molecule has 22 heavy (non-hydrogen) atoms. The summed E-state index contributed by atoms with van der Waals surface area (Å²) in [6.07, 6.45) is 4.37. The van der Waals surface area contributed by atoms with Gasteiger partial charge in [0.25, 0.3) is 5.91 Å². The molecule has 0 saturated carbocycles. The van der Waals surface area contributed by atoms with Crippen LogP contribution in [0.2, 0.25) is 0 Å². The van der Waals surface area contributed by atoms with E-state index in [0.29, 0.717) is 0 Å². The number of amides is 1. The monoisotopic (exact) mass is 293 g/mol. The highest BCUT2D eigenvalue weighted by Crippen LogP contribution is 2.28. The Morgan fingerprint density at radius 2 is 2.05 bits per heavy atom. The van der Waals surface area contributed by atoms with Gasteiger partial charge in [-0.3, -0.25) is 4.79 Å². The van der Waals surface area contributed by atoms with E-state index in [2.05, 4.69) is 6.07 Å². The third-order valence-electron chi connectivity index (χ3n) is 3.94. The molecule has 2 aromatic carbocycles. The van der Waals surface area contributed by atoms with Gasteiger partial charge in [-0.1, -0.05) is 29.8 Å². The van der Waals surface area contributed by atoms with Crippen molar-refractivity contribution < 1.29 is 9.53 Å². The van der Waals surface area contributed by atoms with Gasteiger partial charge in [-0.05, 0) is 43.2 Å². The number of ether oxygens (including phenoxy) is 1. The van der Waals surface area contributed by atoms with E-state index in [0.717, 1.165) is 35.5 Å². The van der Waals surface area contributed by atoms with Crippen molar-refractivity contribution in [1.29, 1.82) is 0 Å². The van der Waals surface area contributed by atoms with Crippen molar-refractivity contribution in [3.05, 3.63) is 65.2 Å². The minimum absolute atomic E-state index is 0.00788. The van der Waals surface area contributed by atoms with Crippen LogP contribution in [0.5, 0.6) is 5.75 Å². The molecule has 0 radical (unpaired) electrons. The fourth-order valence-electron chi connectivity index (χ4n) is 2.80. The number of methoxy groups -OCH3 is 1. The Kier molecular flexibility index (Phi) is 3.96. The van der Waals surface area contributed by atoms with Gasteiger partial charge in [0.05, 0.1) is 7.11 Å².